The molecule has 0 bridgehead atoms. The van der Waals surface area contributed by atoms with Crippen molar-refractivity contribution in [2.75, 3.05) is 11.9 Å². The van der Waals surface area contributed by atoms with E-state index in [1.807, 2.05) is 0 Å². The fourth-order valence-electron chi connectivity index (χ4n) is 1.74. The zero-order valence-corrected chi connectivity index (χ0v) is 12.5. The van der Waals surface area contributed by atoms with Crippen LogP contribution < -0.4 is 11.1 Å². The van der Waals surface area contributed by atoms with E-state index >= 15 is 0 Å². The molecule has 0 radical (unpaired) electrons. The Morgan fingerprint density at radius 2 is 2.26 bits per heavy atom. The highest BCUT2D eigenvalue weighted by Crippen LogP contribution is 2.21. The van der Waals surface area contributed by atoms with Crippen molar-refractivity contribution >= 4 is 27.5 Å². The third kappa shape index (κ3) is 5.41. The molecule has 0 aromatic heterocycles. The molecule has 0 aliphatic rings. The molecule has 0 fully saturated rings. The fraction of sp³-hybridized carbons (Fsp3) is 0.429. The zero-order valence-electron chi connectivity index (χ0n) is 10.9. The highest BCUT2D eigenvalue weighted by atomic mass is 79.9. The Labute approximate surface area is 122 Å². The molecule has 1 aromatic carbocycles. The van der Waals surface area contributed by atoms with Crippen molar-refractivity contribution in [2.24, 2.45) is 11.7 Å². The normalized spacial score (nSPS) is 11.7. The van der Waals surface area contributed by atoms with E-state index < -0.39 is 0 Å². The molecular weight excluding hydrogens is 306 g/mol. The van der Waals surface area contributed by atoms with Crippen LogP contribution in [0.25, 0.3) is 0 Å². The van der Waals surface area contributed by atoms with E-state index in [0.717, 1.165) is 17.3 Å². The van der Waals surface area contributed by atoms with Crippen LogP contribution in [0.15, 0.2) is 22.7 Å². The molecule has 0 saturated heterocycles. The third-order valence-corrected chi connectivity index (χ3v) is 3.39. The van der Waals surface area contributed by atoms with Crippen LogP contribution in [0.1, 0.15) is 31.7 Å². The van der Waals surface area contributed by atoms with Crippen molar-refractivity contribution in [2.45, 2.75) is 26.2 Å². The van der Waals surface area contributed by atoms with Gasteiger partial charge in [0.1, 0.15) is 6.07 Å². The molecule has 0 aliphatic carbocycles. The molecule has 0 heterocycles. The number of nitrogens with zero attached hydrogens (tertiary/aromatic N) is 1. The SMILES string of the molecule is CC(CCN)CCC(=O)Nc1cc(Br)ccc1C#N. The van der Waals surface area contributed by atoms with E-state index in [1.165, 1.54) is 0 Å². The number of carbonyl (C=O) groups excluding carboxylic acids is 1. The van der Waals surface area contributed by atoms with Crippen LogP contribution in [-0.2, 0) is 4.79 Å². The van der Waals surface area contributed by atoms with E-state index in [9.17, 15) is 4.79 Å². The average Bonchev–Trinajstić information content (AvgIpc) is 2.37. The van der Waals surface area contributed by atoms with Crippen LogP contribution in [-0.4, -0.2) is 12.5 Å². The van der Waals surface area contributed by atoms with Gasteiger partial charge in [-0.15, -0.1) is 0 Å². The number of rotatable bonds is 6. The minimum absolute atomic E-state index is 0.0709. The monoisotopic (exact) mass is 323 g/mol. The number of benzene rings is 1. The second kappa shape index (κ2) is 7.93. The lowest BCUT2D eigenvalue weighted by molar-refractivity contribution is -0.116. The van der Waals surface area contributed by atoms with Gasteiger partial charge in [0, 0.05) is 10.9 Å². The van der Waals surface area contributed by atoms with Gasteiger partial charge in [0.15, 0.2) is 0 Å². The summed E-state index contributed by atoms with van der Waals surface area (Å²) < 4.78 is 0.832. The van der Waals surface area contributed by atoms with Gasteiger partial charge in [0.05, 0.1) is 11.3 Å². The van der Waals surface area contributed by atoms with Gasteiger partial charge >= 0.3 is 0 Å². The van der Waals surface area contributed by atoms with Crippen molar-refractivity contribution in [3.63, 3.8) is 0 Å². The quantitative estimate of drug-likeness (QED) is 0.844. The average molecular weight is 324 g/mol. The first-order valence-electron chi connectivity index (χ1n) is 6.26. The molecular formula is C14H18BrN3O. The number of hydrogen-bond acceptors (Lipinski definition) is 3. The predicted octanol–water partition coefficient (Wildman–Crippen LogP) is 3.02. The van der Waals surface area contributed by atoms with Gasteiger partial charge in [0.25, 0.3) is 0 Å². The van der Waals surface area contributed by atoms with Crippen molar-refractivity contribution in [1.29, 1.82) is 5.26 Å². The van der Waals surface area contributed by atoms with E-state index in [2.05, 4.69) is 34.2 Å². The van der Waals surface area contributed by atoms with E-state index in [-0.39, 0.29) is 5.91 Å². The van der Waals surface area contributed by atoms with Crippen LogP contribution in [0.4, 0.5) is 5.69 Å². The van der Waals surface area contributed by atoms with Crippen molar-refractivity contribution in [3.05, 3.63) is 28.2 Å². The molecule has 4 nitrogen and oxygen atoms in total. The molecule has 19 heavy (non-hydrogen) atoms. The molecule has 3 N–H and O–H groups in total. The summed E-state index contributed by atoms with van der Waals surface area (Å²) in [6.45, 7) is 2.73. The molecule has 1 atom stereocenters. The maximum Gasteiger partial charge on any atom is 0.224 e. The summed E-state index contributed by atoms with van der Waals surface area (Å²) in [5.74, 6) is 0.368. The first kappa shape index (κ1) is 15.7. The maximum atomic E-state index is 11.8. The summed E-state index contributed by atoms with van der Waals surface area (Å²) in [4.78, 5) is 11.8. The van der Waals surface area contributed by atoms with Gasteiger partial charge in [-0.05, 0) is 43.5 Å². The minimum atomic E-state index is -0.0709. The number of anilines is 1. The van der Waals surface area contributed by atoms with Crippen molar-refractivity contribution in [3.8, 4) is 6.07 Å². The van der Waals surface area contributed by atoms with Crippen LogP contribution in [0.2, 0.25) is 0 Å². The zero-order chi connectivity index (χ0) is 14.3. The Bertz CT molecular complexity index is 482. The molecule has 0 aliphatic heterocycles. The van der Waals surface area contributed by atoms with E-state index in [0.29, 0.717) is 30.1 Å². The first-order valence-corrected chi connectivity index (χ1v) is 7.05. The molecule has 1 unspecified atom stereocenters. The number of nitrogens with one attached hydrogen (secondary N) is 1. The molecule has 0 spiro atoms. The lowest BCUT2D eigenvalue weighted by Gasteiger charge is -2.11. The predicted molar refractivity (Wildman–Crippen MR) is 79.6 cm³/mol. The summed E-state index contributed by atoms with van der Waals surface area (Å²) >= 11 is 3.32. The topological polar surface area (TPSA) is 78.9 Å². The Hall–Kier alpha value is -1.38. The Balaban J connectivity index is 2.57. The standard InChI is InChI=1S/C14H18BrN3O/c1-10(6-7-16)2-5-14(19)18-13-8-12(15)4-3-11(13)9-17/h3-4,8,10H,2,5-7,16H2,1H3,(H,18,19). The number of hydrogen-bond donors (Lipinski definition) is 2. The molecule has 1 aromatic rings. The second-order valence-electron chi connectivity index (χ2n) is 4.57. The summed E-state index contributed by atoms with van der Waals surface area (Å²) in [6.07, 6.45) is 2.17. The van der Waals surface area contributed by atoms with Gasteiger partial charge in [0.2, 0.25) is 5.91 Å². The van der Waals surface area contributed by atoms with Crippen LogP contribution >= 0.6 is 15.9 Å². The van der Waals surface area contributed by atoms with Gasteiger partial charge < -0.3 is 11.1 Å². The summed E-state index contributed by atoms with van der Waals surface area (Å²) in [5.41, 5.74) is 6.49. The number of amides is 1. The van der Waals surface area contributed by atoms with Gasteiger partial charge in [-0.25, -0.2) is 0 Å². The first-order chi connectivity index (χ1) is 9.06. The largest absolute Gasteiger partial charge is 0.330 e. The molecule has 1 amide bonds. The Kier molecular flexibility index (Phi) is 6.54. The second-order valence-corrected chi connectivity index (χ2v) is 5.49. The Morgan fingerprint density at radius 3 is 2.89 bits per heavy atom. The van der Waals surface area contributed by atoms with Gasteiger partial charge in [-0.1, -0.05) is 22.9 Å². The lowest BCUT2D eigenvalue weighted by Crippen LogP contribution is -2.14. The molecule has 1 rings (SSSR count). The summed E-state index contributed by atoms with van der Waals surface area (Å²) in [6, 6.07) is 7.25. The highest BCUT2D eigenvalue weighted by Gasteiger charge is 2.09. The van der Waals surface area contributed by atoms with E-state index in [1.54, 1.807) is 18.2 Å². The van der Waals surface area contributed by atoms with Gasteiger partial charge in [-0.3, -0.25) is 4.79 Å². The molecule has 102 valence electrons. The summed E-state index contributed by atoms with van der Waals surface area (Å²) in [7, 11) is 0. The fourth-order valence-corrected chi connectivity index (χ4v) is 2.10. The molecule has 5 heteroatoms. The van der Waals surface area contributed by atoms with Crippen LogP contribution in [0.5, 0.6) is 0 Å². The van der Waals surface area contributed by atoms with E-state index in [4.69, 9.17) is 11.0 Å². The molecule has 0 saturated carbocycles. The number of nitriles is 1. The van der Waals surface area contributed by atoms with Crippen LogP contribution in [0, 0.1) is 17.2 Å². The Morgan fingerprint density at radius 1 is 1.53 bits per heavy atom. The number of nitrogens with two attached hydrogens (primary N) is 1. The van der Waals surface area contributed by atoms with Crippen molar-refractivity contribution in [1.82, 2.24) is 0 Å². The minimum Gasteiger partial charge on any atom is -0.330 e. The van der Waals surface area contributed by atoms with Crippen molar-refractivity contribution < 1.29 is 4.79 Å². The number of halogens is 1. The van der Waals surface area contributed by atoms with Crippen LogP contribution in [0.3, 0.4) is 0 Å². The number of carbonyl (C=O) groups is 1. The third-order valence-electron chi connectivity index (χ3n) is 2.90. The highest BCUT2D eigenvalue weighted by molar-refractivity contribution is 9.10. The lowest BCUT2D eigenvalue weighted by atomic mass is 10.0. The maximum absolute atomic E-state index is 11.8. The summed E-state index contributed by atoms with van der Waals surface area (Å²) in [5, 5.41) is 11.8. The smallest absolute Gasteiger partial charge is 0.224 e. The van der Waals surface area contributed by atoms with Gasteiger partial charge in [-0.2, -0.15) is 5.26 Å².